The van der Waals surface area contributed by atoms with Crippen LogP contribution < -0.4 is 10.1 Å². The molecule has 4 aromatic rings. The summed E-state index contributed by atoms with van der Waals surface area (Å²) in [5, 5.41) is 11.1. The summed E-state index contributed by atoms with van der Waals surface area (Å²) in [6.07, 6.45) is 1.44. The van der Waals surface area contributed by atoms with E-state index in [9.17, 15) is 4.79 Å². The number of hydrogen-bond donors (Lipinski definition) is 2. The number of H-pyrrole nitrogens is 1. The van der Waals surface area contributed by atoms with Crippen LogP contribution in [0.2, 0.25) is 5.02 Å². The van der Waals surface area contributed by atoms with Crippen LogP contribution in [0.15, 0.2) is 65.3 Å². The molecular formula is C19H14ClN3O3. The van der Waals surface area contributed by atoms with Crippen LogP contribution in [0.4, 0.5) is 5.82 Å². The van der Waals surface area contributed by atoms with E-state index in [0.717, 1.165) is 16.5 Å². The Balaban J connectivity index is 1.54. The van der Waals surface area contributed by atoms with E-state index in [-0.39, 0.29) is 11.7 Å². The second-order valence-electron chi connectivity index (χ2n) is 5.59. The molecule has 2 aromatic carbocycles. The van der Waals surface area contributed by atoms with Crippen LogP contribution in [0.25, 0.3) is 10.9 Å². The van der Waals surface area contributed by atoms with Gasteiger partial charge in [-0.2, -0.15) is 5.10 Å². The van der Waals surface area contributed by atoms with Gasteiger partial charge in [-0.25, -0.2) is 0 Å². The minimum absolute atomic E-state index is 0.215. The molecule has 0 aliphatic rings. The molecule has 130 valence electrons. The normalized spacial score (nSPS) is 10.8. The lowest BCUT2D eigenvalue weighted by molar-refractivity contribution is 0.0996. The summed E-state index contributed by atoms with van der Waals surface area (Å²) in [4.78, 5) is 12.1. The molecule has 2 heterocycles. The van der Waals surface area contributed by atoms with Gasteiger partial charge in [-0.15, -0.1) is 0 Å². The SMILES string of the molecule is O=C(Nc1n[nH]c2ccc(OCc3ccccc3Cl)cc12)c1ccco1. The molecule has 26 heavy (non-hydrogen) atoms. The molecule has 6 nitrogen and oxygen atoms in total. The molecule has 2 aromatic heterocycles. The fourth-order valence-electron chi connectivity index (χ4n) is 2.53. The van der Waals surface area contributed by atoms with Crippen LogP contribution in [-0.2, 0) is 6.61 Å². The van der Waals surface area contributed by atoms with Gasteiger partial charge in [0.1, 0.15) is 12.4 Å². The van der Waals surface area contributed by atoms with E-state index in [1.807, 2.05) is 42.5 Å². The summed E-state index contributed by atoms with van der Waals surface area (Å²) in [5.41, 5.74) is 1.68. The van der Waals surface area contributed by atoms with Crippen molar-refractivity contribution in [3.05, 3.63) is 77.2 Å². The minimum atomic E-state index is -0.370. The molecule has 0 atom stereocenters. The maximum absolute atomic E-state index is 12.1. The minimum Gasteiger partial charge on any atom is -0.489 e. The Bertz CT molecular complexity index is 1060. The van der Waals surface area contributed by atoms with Gasteiger partial charge in [-0.1, -0.05) is 29.8 Å². The zero-order valence-electron chi connectivity index (χ0n) is 13.5. The van der Waals surface area contributed by atoms with Crippen molar-refractivity contribution in [3.63, 3.8) is 0 Å². The number of halogens is 1. The van der Waals surface area contributed by atoms with Crippen molar-refractivity contribution in [2.75, 3.05) is 5.32 Å². The summed E-state index contributed by atoms with van der Waals surface area (Å²) < 4.78 is 10.9. The van der Waals surface area contributed by atoms with E-state index in [2.05, 4.69) is 15.5 Å². The summed E-state index contributed by atoms with van der Waals surface area (Å²) >= 11 is 6.15. The van der Waals surface area contributed by atoms with E-state index >= 15 is 0 Å². The highest BCUT2D eigenvalue weighted by Crippen LogP contribution is 2.27. The lowest BCUT2D eigenvalue weighted by atomic mass is 10.2. The predicted molar refractivity (Wildman–Crippen MR) is 98.5 cm³/mol. The van der Waals surface area contributed by atoms with E-state index in [1.54, 1.807) is 12.1 Å². The zero-order valence-corrected chi connectivity index (χ0v) is 14.3. The molecule has 0 aliphatic heterocycles. The van der Waals surface area contributed by atoms with Crippen LogP contribution in [0, 0.1) is 0 Å². The Morgan fingerprint density at radius 1 is 1.19 bits per heavy atom. The fourth-order valence-corrected chi connectivity index (χ4v) is 2.72. The molecule has 1 amide bonds. The van der Waals surface area contributed by atoms with E-state index < -0.39 is 0 Å². The third-order valence-electron chi connectivity index (χ3n) is 3.86. The van der Waals surface area contributed by atoms with Crippen LogP contribution in [0.3, 0.4) is 0 Å². The van der Waals surface area contributed by atoms with Crippen LogP contribution >= 0.6 is 11.6 Å². The smallest absolute Gasteiger partial charge is 0.292 e. The first-order chi connectivity index (χ1) is 12.7. The standard InChI is InChI=1S/C19H14ClN3O3/c20-15-5-2-1-4-12(15)11-26-13-7-8-16-14(10-13)18(23-22-16)21-19(24)17-6-3-9-25-17/h1-10H,11H2,(H2,21,22,23,24). The van der Waals surface area contributed by atoms with Crippen molar-refractivity contribution < 1.29 is 13.9 Å². The molecule has 0 radical (unpaired) electrons. The lowest BCUT2D eigenvalue weighted by Crippen LogP contribution is -2.11. The largest absolute Gasteiger partial charge is 0.489 e. The summed E-state index contributed by atoms with van der Waals surface area (Å²) in [5.74, 6) is 0.898. The van der Waals surface area contributed by atoms with Gasteiger partial charge in [-0.3, -0.25) is 9.89 Å². The predicted octanol–water partition coefficient (Wildman–Crippen LogP) is 4.64. The first-order valence-electron chi connectivity index (χ1n) is 7.90. The molecule has 2 N–H and O–H groups in total. The van der Waals surface area contributed by atoms with Gasteiger partial charge in [0.05, 0.1) is 11.8 Å². The number of rotatable bonds is 5. The third kappa shape index (κ3) is 3.27. The highest BCUT2D eigenvalue weighted by atomic mass is 35.5. The van der Waals surface area contributed by atoms with Gasteiger partial charge in [-0.05, 0) is 36.4 Å². The number of amides is 1. The number of anilines is 1. The number of nitrogens with one attached hydrogen (secondary N) is 2. The number of fused-ring (bicyclic) bond motifs is 1. The van der Waals surface area contributed by atoms with Crippen LogP contribution in [-0.4, -0.2) is 16.1 Å². The van der Waals surface area contributed by atoms with Gasteiger partial charge >= 0.3 is 0 Å². The van der Waals surface area contributed by atoms with Gasteiger partial charge in [0.25, 0.3) is 5.91 Å². The van der Waals surface area contributed by atoms with Crippen molar-refractivity contribution in [3.8, 4) is 5.75 Å². The summed E-state index contributed by atoms with van der Waals surface area (Å²) in [7, 11) is 0. The maximum atomic E-state index is 12.1. The quantitative estimate of drug-likeness (QED) is 0.538. The average molecular weight is 368 g/mol. The van der Waals surface area contributed by atoms with Gasteiger partial charge < -0.3 is 14.5 Å². The van der Waals surface area contributed by atoms with E-state index in [1.165, 1.54) is 6.26 Å². The fraction of sp³-hybridized carbons (Fsp3) is 0.0526. The van der Waals surface area contributed by atoms with Gasteiger partial charge in [0.15, 0.2) is 11.6 Å². The second kappa shape index (κ2) is 6.93. The van der Waals surface area contributed by atoms with Gasteiger partial charge in [0, 0.05) is 16.0 Å². The highest BCUT2D eigenvalue weighted by molar-refractivity contribution is 6.31. The molecule has 0 unspecified atom stereocenters. The van der Waals surface area contributed by atoms with Crippen molar-refractivity contribution in [1.29, 1.82) is 0 Å². The zero-order chi connectivity index (χ0) is 17.9. The number of furan rings is 1. The Morgan fingerprint density at radius 3 is 2.88 bits per heavy atom. The summed E-state index contributed by atoms with van der Waals surface area (Å²) in [6, 6.07) is 16.2. The molecule has 0 fully saturated rings. The van der Waals surface area contributed by atoms with Crippen molar-refractivity contribution in [1.82, 2.24) is 10.2 Å². The molecular weight excluding hydrogens is 354 g/mol. The van der Waals surface area contributed by atoms with Crippen LogP contribution in [0.5, 0.6) is 5.75 Å². The van der Waals surface area contributed by atoms with Crippen molar-refractivity contribution >= 4 is 34.2 Å². The molecule has 0 spiro atoms. The highest BCUT2D eigenvalue weighted by Gasteiger charge is 2.14. The topological polar surface area (TPSA) is 80.2 Å². The Morgan fingerprint density at radius 2 is 2.08 bits per heavy atom. The number of nitrogens with zero attached hydrogens (tertiary/aromatic N) is 1. The van der Waals surface area contributed by atoms with Crippen molar-refractivity contribution in [2.45, 2.75) is 6.61 Å². The maximum Gasteiger partial charge on any atom is 0.292 e. The number of benzene rings is 2. The molecule has 0 aliphatic carbocycles. The van der Waals surface area contributed by atoms with E-state index in [0.29, 0.717) is 23.2 Å². The first kappa shape index (κ1) is 16.2. The van der Waals surface area contributed by atoms with Crippen molar-refractivity contribution in [2.24, 2.45) is 0 Å². The number of aromatic amines is 1. The second-order valence-corrected chi connectivity index (χ2v) is 6.00. The van der Waals surface area contributed by atoms with Gasteiger partial charge in [0.2, 0.25) is 0 Å². The molecule has 0 saturated heterocycles. The number of carbonyl (C=O) groups is 1. The van der Waals surface area contributed by atoms with Crippen LogP contribution in [0.1, 0.15) is 16.1 Å². The number of ether oxygens (including phenoxy) is 1. The molecule has 0 bridgehead atoms. The number of aromatic nitrogens is 2. The summed E-state index contributed by atoms with van der Waals surface area (Å²) in [6.45, 7) is 0.344. The van der Waals surface area contributed by atoms with E-state index in [4.69, 9.17) is 20.8 Å². The lowest BCUT2D eigenvalue weighted by Gasteiger charge is -2.08. The Hall–Kier alpha value is -3.25. The number of hydrogen-bond acceptors (Lipinski definition) is 4. The molecule has 7 heteroatoms. The number of carbonyl (C=O) groups excluding carboxylic acids is 1. The monoisotopic (exact) mass is 367 g/mol. The average Bonchev–Trinajstić information content (AvgIpc) is 3.31. The molecule has 0 saturated carbocycles. The Kier molecular flexibility index (Phi) is 4.33. The third-order valence-corrected chi connectivity index (χ3v) is 4.23. The molecule has 4 rings (SSSR count). The first-order valence-corrected chi connectivity index (χ1v) is 8.28. The Labute approximate surface area is 153 Å².